The molecule has 0 aliphatic carbocycles. The number of anilines is 1. The fraction of sp³-hybridized carbons (Fsp3) is 0.500. The number of primary sulfonamides is 1. The Labute approximate surface area is 108 Å². The average molecular weight is 269 g/mol. The second-order valence-corrected chi connectivity index (χ2v) is 5.99. The molecular weight excluding hydrogens is 250 g/mol. The topological polar surface area (TPSA) is 75.4 Å². The molecule has 0 saturated carbocycles. The van der Waals surface area contributed by atoms with Crippen molar-refractivity contribution in [3.63, 3.8) is 0 Å². The van der Waals surface area contributed by atoms with E-state index in [2.05, 4.69) is 17.1 Å². The molecule has 3 N–H and O–H groups in total. The van der Waals surface area contributed by atoms with Gasteiger partial charge in [0.05, 0.1) is 4.90 Å². The van der Waals surface area contributed by atoms with Gasteiger partial charge in [-0.2, -0.15) is 0 Å². The lowest BCUT2D eigenvalue weighted by Crippen LogP contribution is -2.44. The first-order valence-electron chi connectivity index (χ1n) is 6.14. The van der Waals surface area contributed by atoms with Crippen molar-refractivity contribution in [2.24, 2.45) is 5.14 Å². The smallest absolute Gasteiger partial charge is 0.238 e. The van der Waals surface area contributed by atoms with Gasteiger partial charge in [0.1, 0.15) is 0 Å². The van der Waals surface area contributed by atoms with Crippen molar-refractivity contribution in [1.29, 1.82) is 0 Å². The second-order valence-electron chi connectivity index (χ2n) is 4.43. The SMILES string of the molecule is CCc1ccc(S(N)(=O)=O)cc1N1CCNCC1. The Kier molecular flexibility index (Phi) is 3.89. The maximum Gasteiger partial charge on any atom is 0.238 e. The van der Waals surface area contributed by atoms with Gasteiger partial charge >= 0.3 is 0 Å². The van der Waals surface area contributed by atoms with Gasteiger partial charge < -0.3 is 10.2 Å². The number of nitrogens with one attached hydrogen (secondary N) is 1. The van der Waals surface area contributed by atoms with Crippen molar-refractivity contribution < 1.29 is 8.42 Å². The molecule has 1 aromatic rings. The summed E-state index contributed by atoms with van der Waals surface area (Å²) in [5, 5.41) is 8.47. The Hall–Kier alpha value is -1.11. The third-order valence-corrected chi connectivity index (χ3v) is 4.13. The predicted molar refractivity (Wildman–Crippen MR) is 72.3 cm³/mol. The van der Waals surface area contributed by atoms with E-state index in [4.69, 9.17) is 5.14 Å². The van der Waals surface area contributed by atoms with Gasteiger partial charge in [0.25, 0.3) is 0 Å². The van der Waals surface area contributed by atoms with Gasteiger partial charge in [0.2, 0.25) is 10.0 Å². The maximum absolute atomic E-state index is 11.4. The van der Waals surface area contributed by atoms with Crippen LogP contribution in [-0.2, 0) is 16.4 Å². The van der Waals surface area contributed by atoms with E-state index in [1.165, 1.54) is 0 Å². The maximum atomic E-state index is 11.4. The monoisotopic (exact) mass is 269 g/mol. The molecule has 0 bridgehead atoms. The van der Waals surface area contributed by atoms with Crippen LogP contribution < -0.4 is 15.4 Å². The van der Waals surface area contributed by atoms with Gasteiger partial charge in [-0.1, -0.05) is 13.0 Å². The van der Waals surface area contributed by atoms with E-state index >= 15 is 0 Å². The Morgan fingerprint density at radius 1 is 1.33 bits per heavy atom. The van der Waals surface area contributed by atoms with E-state index in [9.17, 15) is 8.42 Å². The molecule has 0 aromatic heterocycles. The summed E-state index contributed by atoms with van der Waals surface area (Å²) in [5.74, 6) is 0. The number of hydrogen-bond acceptors (Lipinski definition) is 4. The van der Waals surface area contributed by atoms with Crippen LogP contribution in [0, 0.1) is 0 Å². The molecule has 1 aliphatic heterocycles. The molecule has 0 atom stereocenters. The third-order valence-electron chi connectivity index (χ3n) is 3.22. The molecule has 0 spiro atoms. The van der Waals surface area contributed by atoms with Crippen LogP contribution in [0.15, 0.2) is 23.1 Å². The molecule has 1 saturated heterocycles. The van der Waals surface area contributed by atoms with Gasteiger partial charge in [0.15, 0.2) is 0 Å². The van der Waals surface area contributed by atoms with Crippen LogP contribution in [-0.4, -0.2) is 34.6 Å². The number of rotatable bonds is 3. The molecule has 1 aromatic carbocycles. The van der Waals surface area contributed by atoms with E-state index in [1.807, 2.05) is 6.07 Å². The Balaban J connectivity index is 2.42. The largest absolute Gasteiger partial charge is 0.369 e. The molecule has 5 nitrogen and oxygen atoms in total. The minimum atomic E-state index is -3.63. The van der Waals surface area contributed by atoms with Gasteiger partial charge in [-0.15, -0.1) is 0 Å². The van der Waals surface area contributed by atoms with E-state index in [0.29, 0.717) is 0 Å². The fourth-order valence-corrected chi connectivity index (χ4v) is 2.75. The first-order valence-corrected chi connectivity index (χ1v) is 7.68. The van der Waals surface area contributed by atoms with Crippen molar-refractivity contribution in [1.82, 2.24) is 5.32 Å². The van der Waals surface area contributed by atoms with Crippen LogP contribution in [0.25, 0.3) is 0 Å². The zero-order chi connectivity index (χ0) is 13.2. The summed E-state index contributed by atoms with van der Waals surface area (Å²) in [4.78, 5) is 2.40. The number of aryl methyl sites for hydroxylation is 1. The van der Waals surface area contributed by atoms with Crippen molar-refractivity contribution in [2.75, 3.05) is 31.1 Å². The second kappa shape index (κ2) is 5.26. The molecular formula is C12H19N3O2S. The zero-order valence-corrected chi connectivity index (χ0v) is 11.3. The highest BCUT2D eigenvalue weighted by molar-refractivity contribution is 7.89. The van der Waals surface area contributed by atoms with Gasteiger partial charge in [0, 0.05) is 31.9 Å². The van der Waals surface area contributed by atoms with Crippen LogP contribution in [0.1, 0.15) is 12.5 Å². The molecule has 18 heavy (non-hydrogen) atoms. The van der Waals surface area contributed by atoms with E-state index in [-0.39, 0.29) is 4.90 Å². The minimum absolute atomic E-state index is 0.188. The molecule has 1 aliphatic rings. The molecule has 0 amide bonds. The van der Waals surface area contributed by atoms with Gasteiger partial charge in [-0.3, -0.25) is 0 Å². The Morgan fingerprint density at radius 3 is 2.56 bits per heavy atom. The lowest BCUT2D eigenvalue weighted by Gasteiger charge is -2.31. The molecule has 2 rings (SSSR count). The molecule has 1 fully saturated rings. The standard InChI is InChI=1S/C12H19N3O2S/c1-2-10-3-4-11(18(13,16)17)9-12(10)15-7-5-14-6-8-15/h3-4,9,14H,2,5-8H2,1H3,(H2,13,16,17). The van der Waals surface area contributed by atoms with Crippen LogP contribution in [0.2, 0.25) is 0 Å². The summed E-state index contributed by atoms with van der Waals surface area (Å²) in [5.41, 5.74) is 2.15. The summed E-state index contributed by atoms with van der Waals surface area (Å²) < 4.78 is 22.8. The average Bonchev–Trinajstić information content (AvgIpc) is 2.38. The quantitative estimate of drug-likeness (QED) is 0.828. The first-order chi connectivity index (χ1) is 8.52. The number of nitrogens with two attached hydrogens (primary N) is 1. The van der Waals surface area contributed by atoms with Crippen molar-refractivity contribution in [2.45, 2.75) is 18.2 Å². The van der Waals surface area contributed by atoms with Crippen molar-refractivity contribution >= 4 is 15.7 Å². The molecule has 0 unspecified atom stereocenters. The summed E-state index contributed by atoms with van der Waals surface area (Å²) in [6, 6.07) is 5.14. The number of piperazine rings is 1. The van der Waals surface area contributed by atoms with Gasteiger partial charge in [-0.25, -0.2) is 13.6 Å². The number of nitrogens with zero attached hydrogens (tertiary/aromatic N) is 1. The van der Waals surface area contributed by atoms with Crippen molar-refractivity contribution in [3.8, 4) is 0 Å². The zero-order valence-electron chi connectivity index (χ0n) is 10.5. The number of hydrogen-bond donors (Lipinski definition) is 2. The lowest BCUT2D eigenvalue weighted by atomic mass is 10.1. The predicted octanol–water partition coefficient (Wildman–Crippen LogP) is 0.306. The molecule has 1 heterocycles. The molecule has 0 radical (unpaired) electrons. The normalized spacial score (nSPS) is 16.9. The lowest BCUT2D eigenvalue weighted by molar-refractivity contribution is 0.586. The van der Waals surface area contributed by atoms with Gasteiger partial charge in [-0.05, 0) is 24.1 Å². The highest BCUT2D eigenvalue weighted by atomic mass is 32.2. The van der Waals surface area contributed by atoms with E-state index in [1.54, 1.807) is 12.1 Å². The van der Waals surface area contributed by atoms with E-state index in [0.717, 1.165) is 43.9 Å². The summed E-state index contributed by atoms with van der Waals surface area (Å²) >= 11 is 0. The van der Waals surface area contributed by atoms with Crippen molar-refractivity contribution in [3.05, 3.63) is 23.8 Å². The Morgan fingerprint density at radius 2 is 2.00 bits per heavy atom. The van der Waals surface area contributed by atoms with Crippen LogP contribution in [0.5, 0.6) is 0 Å². The fourth-order valence-electron chi connectivity index (χ4n) is 2.22. The number of benzene rings is 1. The summed E-state index contributed by atoms with van der Waals surface area (Å²) in [6.45, 7) is 5.69. The first kappa shape index (κ1) is 13.3. The third kappa shape index (κ3) is 2.82. The number of sulfonamides is 1. The highest BCUT2D eigenvalue weighted by Gasteiger charge is 2.17. The van der Waals surface area contributed by atoms with E-state index < -0.39 is 10.0 Å². The summed E-state index contributed by atoms with van der Waals surface area (Å²) in [6.07, 6.45) is 0.879. The minimum Gasteiger partial charge on any atom is -0.369 e. The summed E-state index contributed by atoms with van der Waals surface area (Å²) in [7, 11) is -3.63. The van der Waals surface area contributed by atoms with Crippen LogP contribution >= 0.6 is 0 Å². The Bertz CT molecular complexity index is 522. The van der Waals surface area contributed by atoms with Crippen LogP contribution in [0.4, 0.5) is 5.69 Å². The van der Waals surface area contributed by atoms with Crippen LogP contribution in [0.3, 0.4) is 0 Å². The highest BCUT2D eigenvalue weighted by Crippen LogP contribution is 2.25. The molecule has 6 heteroatoms. The molecule has 100 valence electrons.